The Morgan fingerprint density at radius 1 is 1.43 bits per heavy atom. The van der Waals surface area contributed by atoms with Crippen LogP contribution in [0.2, 0.25) is 0 Å². The third-order valence-electron chi connectivity index (χ3n) is 5.76. The number of carbonyl (C=O) groups is 1. The Kier molecular flexibility index (Phi) is 4.52. The van der Waals surface area contributed by atoms with Crippen LogP contribution in [0, 0.1) is 11.3 Å². The van der Waals surface area contributed by atoms with Gasteiger partial charge in [-0.2, -0.15) is 0 Å². The molecule has 0 bridgehead atoms. The Morgan fingerprint density at radius 3 is 2.76 bits per heavy atom. The number of amides is 1. The van der Waals surface area contributed by atoms with Crippen LogP contribution in [0.3, 0.4) is 0 Å². The summed E-state index contributed by atoms with van der Waals surface area (Å²) in [5, 5.41) is 13.5. The quantitative estimate of drug-likeness (QED) is 0.807. The van der Waals surface area contributed by atoms with E-state index in [0.29, 0.717) is 12.5 Å². The lowest BCUT2D eigenvalue weighted by Gasteiger charge is -2.56. The molecule has 2 heterocycles. The fourth-order valence-electron chi connectivity index (χ4n) is 4.28. The fourth-order valence-corrected chi connectivity index (χ4v) is 4.28. The Balaban J connectivity index is 1.56. The SMILES string of the molecule is CCO[C@@H]1C[C@@H](O)C12CCN(C(=O)[C@H]1CCCNC1)CC2. The van der Waals surface area contributed by atoms with E-state index in [2.05, 4.69) is 5.32 Å². The number of hydrogen-bond acceptors (Lipinski definition) is 4. The van der Waals surface area contributed by atoms with Crippen LogP contribution in [0.5, 0.6) is 0 Å². The molecular formula is C16H28N2O3. The molecule has 2 saturated heterocycles. The first-order chi connectivity index (χ1) is 10.2. The van der Waals surface area contributed by atoms with E-state index in [1.54, 1.807) is 0 Å². The lowest BCUT2D eigenvalue weighted by molar-refractivity contribution is -0.210. The van der Waals surface area contributed by atoms with Gasteiger partial charge in [-0.15, -0.1) is 0 Å². The molecule has 2 N–H and O–H groups in total. The molecule has 0 aromatic rings. The minimum atomic E-state index is -0.248. The van der Waals surface area contributed by atoms with Crippen LogP contribution < -0.4 is 5.32 Å². The molecule has 120 valence electrons. The van der Waals surface area contributed by atoms with Crippen molar-refractivity contribution >= 4 is 5.91 Å². The van der Waals surface area contributed by atoms with Gasteiger partial charge in [0, 0.05) is 38.1 Å². The van der Waals surface area contributed by atoms with Crippen LogP contribution in [-0.4, -0.2) is 60.9 Å². The van der Waals surface area contributed by atoms with E-state index in [-0.39, 0.29) is 23.5 Å². The van der Waals surface area contributed by atoms with Gasteiger partial charge < -0.3 is 20.1 Å². The molecule has 1 spiro atoms. The summed E-state index contributed by atoms with van der Waals surface area (Å²) in [7, 11) is 0. The molecule has 5 nitrogen and oxygen atoms in total. The molecule has 3 atom stereocenters. The second-order valence-corrected chi connectivity index (χ2v) is 6.80. The smallest absolute Gasteiger partial charge is 0.226 e. The number of piperidine rings is 2. The van der Waals surface area contributed by atoms with Gasteiger partial charge in [0.05, 0.1) is 18.1 Å². The molecule has 1 amide bonds. The summed E-state index contributed by atoms with van der Waals surface area (Å²) in [4.78, 5) is 14.6. The van der Waals surface area contributed by atoms with Crippen molar-refractivity contribution in [1.82, 2.24) is 10.2 Å². The minimum absolute atomic E-state index is 0.0857. The zero-order valence-electron chi connectivity index (χ0n) is 13.0. The average Bonchev–Trinajstić information content (AvgIpc) is 2.55. The molecule has 3 rings (SSSR count). The number of rotatable bonds is 3. The van der Waals surface area contributed by atoms with Crippen molar-refractivity contribution < 1.29 is 14.6 Å². The van der Waals surface area contributed by atoms with Crippen LogP contribution in [-0.2, 0) is 9.53 Å². The average molecular weight is 296 g/mol. The third kappa shape index (κ3) is 2.71. The van der Waals surface area contributed by atoms with Gasteiger partial charge in [-0.3, -0.25) is 4.79 Å². The summed E-state index contributed by atoms with van der Waals surface area (Å²) >= 11 is 0. The van der Waals surface area contributed by atoms with Gasteiger partial charge in [0.15, 0.2) is 0 Å². The van der Waals surface area contributed by atoms with Crippen molar-refractivity contribution in [3.05, 3.63) is 0 Å². The van der Waals surface area contributed by atoms with Gasteiger partial charge in [-0.1, -0.05) is 0 Å². The number of hydrogen-bond donors (Lipinski definition) is 2. The van der Waals surface area contributed by atoms with Crippen LogP contribution >= 0.6 is 0 Å². The monoisotopic (exact) mass is 296 g/mol. The van der Waals surface area contributed by atoms with Gasteiger partial charge in [0.2, 0.25) is 5.91 Å². The summed E-state index contributed by atoms with van der Waals surface area (Å²) in [6.45, 7) is 6.12. The van der Waals surface area contributed by atoms with E-state index < -0.39 is 0 Å². The number of nitrogens with one attached hydrogen (secondary N) is 1. The summed E-state index contributed by atoms with van der Waals surface area (Å²) in [5.74, 6) is 0.459. The van der Waals surface area contributed by atoms with E-state index in [0.717, 1.165) is 58.3 Å². The zero-order valence-corrected chi connectivity index (χ0v) is 13.0. The molecule has 1 saturated carbocycles. The molecule has 3 aliphatic rings. The lowest BCUT2D eigenvalue weighted by atomic mass is 9.58. The maximum absolute atomic E-state index is 12.6. The molecule has 0 aromatic heterocycles. The molecule has 0 radical (unpaired) electrons. The molecule has 21 heavy (non-hydrogen) atoms. The summed E-state index contributed by atoms with van der Waals surface area (Å²) < 4.78 is 5.78. The molecule has 5 heteroatoms. The van der Waals surface area contributed by atoms with Crippen molar-refractivity contribution in [2.24, 2.45) is 11.3 Å². The van der Waals surface area contributed by atoms with Crippen LogP contribution in [0.4, 0.5) is 0 Å². The van der Waals surface area contributed by atoms with E-state index >= 15 is 0 Å². The van der Waals surface area contributed by atoms with Crippen LogP contribution in [0.25, 0.3) is 0 Å². The Labute approximate surface area is 127 Å². The molecule has 3 fully saturated rings. The molecule has 2 aliphatic heterocycles. The number of likely N-dealkylation sites (tertiary alicyclic amines) is 1. The van der Waals surface area contributed by atoms with Crippen molar-refractivity contribution in [1.29, 1.82) is 0 Å². The maximum Gasteiger partial charge on any atom is 0.226 e. The highest BCUT2D eigenvalue weighted by molar-refractivity contribution is 5.79. The first kappa shape index (κ1) is 15.3. The van der Waals surface area contributed by atoms with Gasteiger partial charge in [-0.25, -0.2) is 0 Å². The van der Waals surface area contributed by atoms with E-state index in [1.807, 2.05) is 11.8 Å². The first-order valence-electron chi connectivity index (χ1n) is 8.46. The number of carbonyl (C=O) groups excluding carboxylic acids is 1. The first-order valence-corrected chi connectivity index (χ1v) is 8.46. The molecule has 0 unspecified atom stereocenters. The maximum atomic E-state index is 12.6. The second-order valence-electron chi connectivity index (χ2n) is 6.80. The highest BCUT2D eigenvalue weighted by Gasteiger charge is 2.56. The Bertz CT molecular complexity index is 372. The largest absolute Gasteiger partial charge is 0.392 e. The molecule has 0 aromatic carbocycles. The van der Waals surface area contributed by atoms with Crippen molar-refractivity contribution in [3.63, 3.8) is 0 Å². The number of ether oxygens (including phenoxy) is 1. The topological polar surface area (TPSA) is 61.8 Å². The highest BCUT2D eigenvalue weighted by atomic mass is 16.5. The minimum Gasteiger partial charge on any atom is -0.392 e. The number of nitrogens with zero attached hydrogens (tertiary/aromatic N) is 1. The predicted molar refractivity (Wildman–Crippen MR) is 79.9 cm³/mol. The van der Waals surface area contributed by atoms with E-state index in [1.165, 1.54) is 0 Å². The Hall–Kier alpha value is -0.650. The van der Waals surface area contributed by atoms with Crippen LogP contribution in [0.15, 0.2) is 0 Å². The van der Waals surface area contributed by atoms with E-state index in [9.17, 15) is 9.90 Å². The zero-order chi connectivity index (χ0) is 14.9. The number of aliphatic hydroxyl groups is 1. The lowest BCUT2D eigenvalue weighted by Crippen LogP contribution is -2.63. The fraction of sp³-hybridized carbons (Fsp3) is 0.938. The molecule has 1 aliphatic carbocycles. The molecular weight excluding hydrogens is 268 g/mol. The summed E-state index contributed by atoms with van der Waals surface area (Å²) in [6.07, 6.45) is 4.56. The standard InChI is InChI=1S/C16H28N2O3/c1-2-21-14-10-13(19)16(14)5-8-18(9-6-16)15(20)12-4-3-7-17-11-12/h12-14,17,19H,2-11H2,1H3/t12-,13+,14+/m0/s1. The summed E-state index contributed by atoms with van der Waals surface area (Å²) in [5.41, 5.74) is -0.0857. The van der Waals surface area contributed by atoms with Gasteiger partial charge in [-0.05, 0) is 39.2 Å². The van der Waals surface area contributed by atoms with Crippen LogP contribution in [0.1, 0.15) is 39.0 Å². The highest BCUT2D eigenvalue weighted by Crippen LogP contribution is 2.51. The predicted octanol–water partition coefficient (Wildman–Crippen LogP) is 0.764. The number of aliphatic hydroxyl groups excluding tert-OH is 1. The normalized spacial score (nSPS) is 35.5. The Morgan fingerprint density at radius 2 is 2.19 bits per heavy atom. The van der Waals surface area contributed by atoms with Crippen molar-refractivity contribution in [2.75, 3.05) is 32.8 Å². The van der Waals surface area contributed by atoms with Gasteiger partial charge in [0.1, 0.15) is 0 Å². The van der Waals surface area contributed by atoms with Gasteiger partial charge in [0.25, 0.3) is 0 Å². The summed E-state index contributed by atoms with van der Waals surface area (Å²) in [6, 6.07) is 0. The van der Waals surface area contributed by atoms with Crippen molar-refractivity contribution in [3.8, 4) is 0 Å². The van der Waals surface area contributed by atoms with Crippen molar-refractivity contribution in [2.45, 2.75) is 51.2 Å². The van der Waals surface area contributed by atoms with E-state index in [4.69, 9.17) is 4.74 Å². The van der Waals surface area contributed by atoms with Gasteiger partial charge >= 0.3 is 0 Å². The third-order valence-corrected chi connectivity index (χ3v) is 5.76. The second kappa shape index (κ2) is 6.23.